The van der Waals surface area contributed by atoms with Gasteiger partial charge < -0.3 is 10.3 Å². The number of amides is 1. The Hall–Kier alpha value is -2.88. The van der Waals surface area contributed by atoms with Crippen LogP contribution in [0.25, 0.3) is 10.9 Å². The van der Waals surface area contributed by atoms with Gasteiger partial charge in [0, 0.05) is 16.5 Å². The van der Waals surface area contributed by atoms with Crippen LogP contribution in [0.2, 0.25) is 0 Å². The van der Waals surface area contributed by atoms with Crippen molar-refractivity contribution in [3.05, 3.63) is 75.6 Å². The lowest BCUT2D eigenvalue weighted by molar-refractivity contribution is 0.102. The molecule has 1 amide bonds. The minimum absolute atomic E-state index is 0.254. The summed E-state index contributed by atoms with van der Waals surface area (Å²) in [6.07, 6.45) is 0. The molecule has 0 spiro atoms. The molecule has 0 radical (unpaired) electrons. The molecule has 110 valence electrons. The molecule has 0 saturated carbocycles. The fourth-order valence-corrected chi connectivity index (χ4v) is 2.35. The summed E-state index contributed by atoms with van der Waals surface area (Å²) in [5.41, 5.74) is 3.49. The van der Waals surface area contributed by atoms with Crippen LogP contribution in [0, 0.1) is 13.8 Å². The molecule has 2 aromatic carbocycles. The number of anilines is 1. The van der Waals surface area contributed by atoms with E-state index in [1.54, 1.807) is 30.3 Å². The standard InChI is InChI=1S/C18H16N2O2/c1-11-8-14-10-16(18(22)19-15(14)9-12(11)2)20-17(21)13-6-4-3-5-7-13/h3-10H,1-2H3,(H,19,22)(H,20,21). The number of benzene rings is 2. The molecule has 4 heteroatoms. The largest absolute Gasteiger partial charge is 0.320 e. The van der Waals surface area contributed by atoms with E-state index in [2.05, 4.69) is 10.3 Å². The monoisotopic (exact) mass is 292 g/mol. The minimum Gasteiger partial charge on any atom is -0.320 e. The van der Waals surface area contributed by atoms with Crippen molar-refractivity contribution in [1.29, 1.82) is 0 Å². The first-order valence-corrected chi connectivity index (χ1v) is 7.05. The van der Waals surface area contributed by atoms with Crippen molar-refractivity contribution in [3.63, 3.8) is 0 Å². The van der Waals surface area contributed by atoms with Gasteiger partial charge in [0.15, 0.2) is 0 Å². The first kappa shape index (κ1) is 14.1. The number of aryl methyl sites for hydroxylation is 2. The Labute approximate surface area is 127 Å². The maximum absolute atomic E-state index is 12.2. The maximum atomic E-state index is 12.2. The summed E-state index contributed by atoms with van der Waals surface area (Å²) >= 11 is 0. The Kier molecular flexibility index (Phi) is 3.51. The summed E-state index contributed by atoms with van der Waals surface area (Å²) in [7, 11) is 0. The predicted octanol–water partition coefficient (Wildman–Crippen LogP) is 3.40. The summed E-state index contributed by atoms with van der Waals surface area (Å²) < 4.78 is 0. The van der Waals surface area contributed by atoms with Gasteiger partial charge in [-0.3, -0.25) is 9.59 Å². The van der Waals surface area contributed by atoms with E-state index in [1.165, 1.54) is 0 Å². The van der Waals surface area contributed by atoms with E-state index in [4.69, 9.17) is 0 Å². The quantitative estimate of drug-likeness (QED) is 0.760. The molecule has 0 aliphatic heterocycles. The molecule has 0 aliphatic carbocycles. The number of pyridine rings is 1. The Morgan fingerprint density at radius 3 is 2.41 bits per heavy atom. The van der Waals surface area contributed by atoms with Gasteiger partial charge in [-0.15, -0.1) is 0 Å². The molecule has 1 heterocycles. The van der Waals surface area contributed by atoms with E-state index in [1.807, 2.05) is 32.0 Å². The van der Waals surface area contributed by atoms with Gasteiger partial charge in [0.25, 0.3) is 11.5 Å². The van der Waals surface area contributed by atoms with Crippen molar-refractivity contribution in [2.75, 3.05) is 5.32 Å². The number of aromatic nitrogens is 1. The second kappa shape index (κ2) is 5.48. The smallest absolute Gasteiger partial charge is 0.272 e. The highest BCUT2D eigenvalue weighted by molar-refractivity contribution is 6.04. The van der Waals surface area contributed by atoms with Crippen LogP contribution in [0.4, 0.5) is 5.69 Å². The topological polar surface area (TPSA) is 62.0 Å². The number of hydrogen-bond donors (Lipinski definition) is 2. The third kappa shape index (κ3) is 2.63. The molecule has 22 heavy (non-hydrogen) atoms. The number of carbonyl (C=O) groups is 1. The van der Waals surface area contributed by atoms with Gasteiger partial charge in [-0.05, 0) is 55.3 Å². The molecular weight excluding hydrogens is 276 g/mol. The summed E-state index contributed by atoms with van der Waals surface area (Å²) in [4.78, 5) is 27.1. The lowest BCUT2D eigenvalue weighted by atomic mass is 10.1. The highest BCUT2D eigenvalue weighted by atomic mass is 16.2. The summed E-state index contributed by atoms with van der Waals surface area (Å²) in [6, 6.07) is 14.5. The van der Waals surface area contributed by atoms with Gasteiger partial charge in [-0.1, -0.05) is 18.2 Å². The van der Waals surface area contributed by atoms with Crippen LogP contribution in [0.5, 0.6) is 0 Å². The van der Waals surface area contributed by atoms with Crippen LogP contribution in [-0.2, 0) is 0 Å². The number of hydrogen-bond acceptors (Lipinski definition) is 2. The van der Waals surface area contributed by atoms with Crippen molar-refractivity contribution in [3.8, 4) is 0 Å². The van der Waals surface area contributed by atoms with Gasteiger partial charge in [-0.2, -0.15) is 0 Å². The SMILES string of the molecule is Cc1cc2cc(NC(=O)c3ccccc3)c(=O)[nH]c2cc1C. The number of fused-ring (bicyclic) bond motifs is 1. The molecule has 0 aliphatic rings. The Morgan fingerprint density at radius 2 is 1.68 bits per heavy atom. The van der Waals surface area contributed by atoms with Gasteiger partial charge in [-0.25, -0.2) is 0 Å². The van der Waals surface area contributed by atoms with Crippen molar-refractivity contribution in [2.45, 2.75) is 13.8 Å². The van der Waals surface area contributed by atoms with E-state index in [-0.39, 0.29) is 17.2 Å². The molecule has 2 N–H and O–H groups in total. The second-order valence-electron chi connectivity index (χ2n) is 5.36. The van der Waals surface area contributed by atoms with Gasteiger partial charge >= 0.3 is 0 Å². The van der Waals surface area contributed by atoms with Gasteiger partial charge in [0.05, 0.1) is 0 Å². The fraction of sp³-hybridized carbons (Fsp3) is 0.111. The van der Waals surface area contributed by atoms with Crippen molar-refractivity contribution < 1.29 is 4.79 Å². The zero-order chi connectivity index (χ0) is 15.7. The molecule has 0 bridgehead atoms. The minimum atomic E-state index is -0.306. The maximum Gasteiger partial charge on any atom is 0.272 e. The third-order valence-corrected chi connectivity index (χ3v) is 3.74. The Bertz CT molecular complexity index is 912. The molecule has 4 nitrogen and oxygen atoms in total. The van der Waals surface area contributed by atoms with Gasteiger partial charge in [0.1, 0.15) is 5.69 Å². The van der Waals surface area contributed by atoms with Crippen LogP contribution >= 0.6 is 0 Å². The number of nitrogens with one attached hydrogen (secondary N) is 2. The van der Waals surface area contributed by atoms with E-state index >= 15 is 0 Å². The number of rotatable bonds is 2. The molecule has 3 aromatic rings. The molecule has 1 aromatic heterocycles. The van der Waals surface area contributed by atoms with Crippen LogP contribution < -0.4 is 10.9 Å². The van der Waals surface area contributed by atoms with Crippen LogP contribution in [-0.4, -0.2) is 10.9 Å². The highest BCUT2D eigenvalue weighted by Crippen LogP contribution is 2.19. The average molecular weight is 292 g/mol. The normalized spacial score (nSPS) is 10.6. The zero-order valence-corrected chi connectivity index (χ0v) is 12.4. The fourth-order valence-electron chi connectivity index (χ4n) is 2.35. The lowest BCUT2D eigenvalue weighted by Crippen LogP contribution is -2.19. The van der Waals surface area contributed by atoms with E-state index < -0.39 is 0 Å². The van der Waals surface area contributed by atoms with Crippen molar-refractivity contribution >= 4 is 22.5 Å². The second-order valence-corrected chi connectivity index (χ2v) is 5.36. The van der Waals surface area contributed by atoms with Gasteiger partial charge in [0.2, 0.25) is 0 Å². The number of aromatic amines is 1. The number of H-pyrrole nitrogens is 1. The van der Waals surface area contributed by atoms with E-state index in [0.717, 1.165) is 22.0 Å². The first-order chi connectivity index (χ1) is 10.5. The number of carbonyl (C=O) groups excluding carboxylic acids is 1. The summed E-state index contributed by atoms with van der Waals surface area (Å²) in [5, 5.41) is 3.56. The Balaban J connectivity index is 2.01. The highest BCUT2D eigenvalue weighted by Gasteiger charge is 2.09. The van der Waals surface area contributed by atoms with Crippen LogP contribution in [0.3, 0.4) is 0 Å². The lowest BCUT2D eigenvalue weighted by Gasteiger charge is -2.08. The molecule has 0 saturated heterocycles. The molecule has 0 unspecified atom stereocenters. The molecular formula is C18H16N2O2. The average Bonchev–Trinajstić information content (AvgIpc) is 2.51. The summed E-state index contributed by atoms with van der Waals surface area (Å²) in [6.45, 7) is 4.01. The predicted molar refractivity (Wildman–Crippen MR) is 88.4 cm³/mol. The first-order valence-electron chi connectivity index (χ1n) is 7.05. The van der Waals surface area contributed by atoms with Crippen molar-refractivity contribution in [1.82, 2.24) is 4.98 Å². The Morgan fingerprint density at radius 1 is 1.00 bits per heavy atom. The molecule has 0 atom stereocenters. The van der Waals surface area contributed by atoms with Crippen molar-refractivity contribution in [2.24, 2.45) is 0 Å². The molecule has 0 fully saturated rings. The van der Waals surface area contributed by atoms with Crippen LogP contribution in [0.1, 0.15) is 21.5 Å². The zero-order valence-electron chi connectivity index (χ0n) is 12.4. The van der Waals surface area contributed by atoms with E-state index in [0.29, 0.717) is 5.56 Å². The van der Waals surface area contributed by atoms with Crippen LogP contribution in [0.15, 0.2) is 53.3 Å². The third-order valence-electron chi connectivity index (χ3n) is 3.74. The summed E-state index contributed by atoms with van der Waals surface area (Å²) in [5.74, 6) is -0.297. The van der Waals surface area contributed by atoms with E-state index in [9.17, 15) is 9.59 Å². The molecule has 3 rings (SSSR count).